The molecule has 2 rings (SSSR count). The van der Waals surface area contributed by atoms with Crippen LogP contribution in [0.2, 0.25) is 0 Å². The van der Waals surface area contributed by atoms with Gasteiger partial charge in [-0.25, -0.2) is 0 Å². The molecule has 116 valence electrons. The van der Waals surface area contributed by atoms with Gasteiger partial charge in [-0.3, -0.25) is 14.5 Å². The molecule has 1 atom stereocenters. The SMILES string of the molecule is CC(=O)c1ccc(NC(=O)[C@H](C)N(C)Cc2cccs2)cc1. The van der Waals surface area contributed by atoms with Crippen LogP contribution in [0.25, 0.3) is 0 Å². The Morgan fingerprint density at radius 2 is 1.91 bits per heavy atom. The molecule has 2 aromatic rings. The number of Topliss-reactive ketones (excluding diaryl/α,β-unsaturated/α-hetero) is 1. The van der Waals surface area contributed by atoms with Gasteiger partial charge in [-0.1, -0.05) is 6.07 Å². The van der Waals surface area contributed by atoms with Gasteiger partial charge in [-0.15, -0.1) is 11.3 Å². The lowest BCUT2D eigenvalue weighted by atomic mass is 10.1. The first-order valence-corrected chi connectivity index (χ1v) is 8.00. The highest BCUT2D eigenvalue weighted by Gasteiger charge is 2.18. The Hall–Kier alpha value is -1.98. The van der Waals surface area contributed by atoms with Crippen molar-refractivity contribution in [2.24, 2.45) is 0 Å². The highest BCUT2D eigenvalue weighted by atomic mass is 32.1. The van der Waals surface area contributed by atoms with Crippen molar-refractivity contribution in [1.29, 1.82) is 0 Å². The van der Waals surface area contributed by atoms with Crippen LogP contribution in [0.3, 0.4) is 0 Å². The minimum atomic E-state index is -0.241. The molecule has 0 radical (unpaired) electrons. The second-order valence-electron chi connectivity index (χ2n) is 5.29. The van der Waals surface area contributed by atoms with Crippen molar-refractivity contribution < 1.29 is 9.59 Å². The summed E-state index contributed by atoms with van der Waals surface area (Å²) in [4.78, 5) is 26.8. The molecule has 0 aliphatic carbocycles. The van der Waals surface area contributed by atoms with Gasteiger partial charge in [0.2, 0.25) is 5.91 Å². The van der Waals surface area contributed by atoms with Gasteiger partial charge in [-0.05, 0) is 56.6 Å². The number of hydrogen-bond donors (Lipinski definition) is 1. The molecule has 1 N–H and O–H groups in total. The topological polar surface area (TPSA) is 49.4 Å². The molecule has 1 amide bonds. The molecule has 1 aromatic heterocycles. The summed E-state index contributed by atoms with van der Waals surface area (Å²) in [6, 6.07) is 10.8. The Morgan fingerprint density at radius 3 is 2.45 bits per heavy atom. The van der Waals surface area contributed by atoms with E-state index in [2.05, 4.69) is 11.4 Å². The first-order valence-electron chi connectivity index (χ1n) is 7.12. The van der Waals surface area contributed by atoms with Crippen LogP contribution < -0.4 is 5.32 Å². The van der Waals surface area contributed by atoms with Crippen molar-refractivity contribution in [2.45, 2.75) is 26.4 Å². The quantitative estimate of drug-likeness (QED) is 0.831. The first kappa shape index (κ1) is 16.4. The number of nitrogens with zero attached hydrogens (tertiary/aromatic N) is 1. The highest BCUT2D eigenvalue weighted by Crippen LogP contribution is 2.14. The molecular formula is C17H20N2O2S. The van der Waals surface area contributed by atoms with E-state index in [4.69, 9.17) is 0 Å². The van der Waals surface area contributed by atoms with Crippen LogP contribution in [0, 0.1) is 0 Å². The molecule has 0 spiro atoms. The van der Waals surface area contributed by atoms with E-state index in [1.807, 2.05) is 30.3 Å². The molecule has 0 aliphatic heterocycles. The van der Waals surface area contributed by atoms with Crippen LogP contribution in [0.15, 0.2) is 41.8 Å². The third kappa shape index (κ3) is 4.26. The third-order valence-electron chi connectivity index (χ3n) is 3.58. The average molecular weight is 316 g/mol. The van der Waals surface area contributed by atoms with Crippen LogP contribution in [0.1, 0.15) is 29.1 Å². The van der Waals surface area contributed by atoms with E-state index in [0.717, 1.165) is 6.54 Å². The number of likely N-dealkylation sites (N-methyl/N-ethyl adjacent to an activating group) is 1. The van der Waals surface area contributed by atoms with Crippen molar-refractivity contribution >= 4 is 28.7 Å². The number of amides is 1. The number of thiophene rings is 1. The van der Waals surface area contributed by atoms with E-state index in [0.29, 0.717) is 11.3 Å². The summed E-state index contributed by atoms with van der Waals surface area (Å²) in [6.45, 7) is 4.15. The van der Waals surface area contributed by atoms with Gasteiger partial charge < -0.3 is 5.32 Å². The smallest absolute Gasteiger partial charge is 0.241 e. The second kappa shape index (κ2) is 7.33. The fourth-order valence-corrected chi connectivity index (χ4v) is 2.79. The summed E-state index contributed by atoms with van der Waals surface area (Å²) in [5.74, 6) is -0.0449. The molecule has 4 nitrogen and oxygen atoms in total. The van der Waals surface area contributed by atoms with Crippen molar-refractivity contribution in [3.8, 4) is 0 Å². The van der Waals surface area contributed by atoms with E-state index in [-0.39, 0.29) is 17.7 Å². The molecule has 0 aliphatic rings. The third-order valence-corrected chi connectivity index (χ3v) is 4.45. The predicted molar refractivity (Wildman–Crippen MR) is 90.3 cm³/mol. The average Bonchev–Trinajstić information content (AvgIpc) is 2.99. The highest BCUT2D eigenvalue weighted by molar-refractivity contribution is 7.09. The fourth-order valence-electron chi connectivity index (χ4n) is 2.02. The normalized spacial score (nSPS) is 12.2. The number of carbonyl (C=O) groups excluding carboxylic acids is 2. The Bertz CT molecular complexity index is 635. The maximum atomic E-state index is 12.3. The number of nitrogens with one attached hydrogen (secondary N) is 1. The number of anilines is 1. The van der Waals surface area contributed by atoms with E-state index in [1.54, 1.807) is 35.6 Å². The summed E-state index contributed by atoms with van der Waals surface area (Å²) < 4.78 is 0. The van der Waals surface area contributed by atoms with E-state index >= 15 is 0 Å². The van der Waals surface area contributed by atoms with Crippen molar-refractivity contribution in [3.05, 3.63) is 52.2 Å². The van der Waals surface area contributed by atoms with E-state index in [1.165, 1.54) is 11.8 Å². The number of rotatable bonds is 6. The summed E-state index contributed by atoms with van der Waals surface area (Å²) in [5.41, 5.74) is 1.34. The summed E-state index contributed by atoms with van der Waals surface area (Å²) in [7, 11) is 1.93. The zero-order chi connectivity index (χ0) is 16.1. The van der Waals surface area contributed by atoms with Gasteiger partial charge >= 0.3 is 0 Å². The van der Waals surface area contributed by atoms with E-state index in [9.17, 15) is 9.59 Å². The molecule has 0 fully saturated rings. The molecule has 0 saturated heterocycles. The molecule has 0 bridgehead atoms. The van der Waals surface area contributed by atoms with Gasteiger partial charge in [-0.2, -0.15) is 0 Å². The lowest BCUT2D eigenvalue weighted by Crippen LogP contribution is -2.39. The molecule has 1 aromatic carbocycles. The van der Waals surface area contributed by atoms with E-state index < -0.39 is 0 Å². The Kier molecular flexibility index (Phi) is 5.46. The van der Waals surface area contributed by atoms with Crippen molar-refractivity contribution in [3.63, 3.8) is 0 Å². The van der Waals surface area contributed by atoms with Crippen LogP contribution in [0.5, 0.6) is 0 Å². The van der Waals surface area contributed by atoms with Crippen molar-refractivity contribution in [2.75, 3.05) is 12.4 Å². The molecule has 0 saturated carbocycles. The van der Waals surface area contributed by atoms with Gasteiger partial charge in [0.05, 0.1) is 6.04 Å². The first-order chi connectivity index (χ1) is 10.5. The zero-order valence-corrected chi connectivity index (χ0v) is 13.8. The lowest BCUT2D eigenvalue weighted by molar-refractivity contribution is -0.120. The number of benzene rings is 1. The second-order valence-corrected chi connectivity index (χ2v) is 6.33. The van der Waals surface area contributed by atoms with Crippen LogP contribution in [-0.4, -0.2) is 29.7 Å². The maximum absolute atomic E-state index is 12.3. The monoisotopic (exact) mass is 316 g/mol. The minimum absolute atomic E-state index is 0.0157. The Balaban J connectivity index is 1.94. The number of hydrogen-bond acceptors (Lipinski definition) is 4. The van der Waals surface area contributed by atoms with Gasteiger partial charge in [0.15, 0.2) is 5.78 Å². The summed E-state index contributed by atoms with van der Waals surface area (Å²) >= 11 is 1.68. The number of ketones is 1. The molecular weight excluding hydrogens is 296 g/mol. The molecule has 1 heterocycles. The van der Waals surface area contributed by atoms with Crippen LogP contribution in [0.4, 0.5) is 5.69 Å². The predicted octanol–water partition coefficient (Wildman–Crippen LogP) is 3.41. The van der Waals surface area contributed by atoms with Crippen LogP contribution >= 0.6 is 11.3 Å². The minimum Gasteiger partial charge on any atom is -0.325 e. The lowest BCUT2D eigenvalue weighted by Gasteiger charge is -2.23. The molecule has 5 heteroatoms. The van der Waals surface area contributed by atoms with Crippen molar-refractivity contribution in [1.82, 2.24) is 4.90 Å². The number of carbonyl (C=O) groups is 2. The molecule has 0 unspecified atom stereocenters. The van der Waals surface area contributed by atoms with Gasteiger partial charge in [0, 0.05) is 22.7 Å². The largest absolute Gasteiger partial charge is 0.325 e. The summed E-state index contributed by atoms with van der Waals surface area (Å²) in [5, 5.41) is 4.91. The van der Waals surface area contributed by atoms with Gasteiger partial charge in [0.1, 0.15) is 0 Å². The van der Waals surface area contributed by atoms with Gasteiger partial charge in [0.25, 0.3) is 0 Å². The zero-order valence-electron chi connectivity index (χ0n) is 13.0. The standard InChI is InChI=1S/C17H20N2O2S/c1-12(19(3)11-16-5-4-10-22-16)17(21)18-15-8-6-14(7-9-15)13(2)20/h4-10,12H,11H2,1-3H3,(H,18,21)/t12-/m0/s1. The maximum Gasteiger partial charge on any atom is 0.241 e. The molecule has 22 heavy (non-hydrogen) atoms. The Labute approximate surface area is 134 Å². The van der Waals surface area contributed by atoms with Crippen LogP contribution in [-0.2, 0) is 11.3 Å². The fraction of sp³-hybridized carbons (Fsp3) is 0.294. The summed E-state index contributed by atoms with van der Waals surface area (Å²) in [6.07, 6.45) is 0. The Morgan fingerprint density at radius 1 is 1.23 bits per heavy atom.